The zero-order valence-electron chi connectivity index (χ0n) is 12.7. The second-order valence-corrected chi connectivity index (χ2v) is 5.40. The van der Waals surface area contributed by atoms with Gasteiger partial charge in [-0.25, -0.2) is 0 Å². The first-order valence-corrected chi connectivity index (χ1v) is 7.58. The third-order valence-corrected chi connectivity index (χ3v) is 3.30. The predicted molar refractivity (Wildman–Crippen MR) is 87.1 cm³/mol. The van der Waals surface area contributed by atoms with Gasteiger partial charge >= 0.3 is 0 Å². The molecule has 5 heteroatoms. The van der Waals surface area contributed by atoms with Gasteiger partial charge in [-0.2, -0.15) is 5.06 Å². The van der Waals surface area contributed by atoms with E-state index in [9.17, 15) is 5.21 Å². The lowest BCUT2D eigenvalue weighted by molar-refractivity contribution is -0.103. The van der Waals surface area contributed by atoms with Gasteiger partial charge < -0.3 is 14.7 Å². The summed E-state index contributed by atoms with van der Waals surface area (Å²) in [4.78, 5) is 0. The lowest BCUT2D eigenvalue weighted by Crippen LogP contribution is -2.31. The first-order chi connectivity index (χ1) is 10.6. The molecule has 0 spiro atoms. The first kappa shape index (κ1) is 16.6. The van der Waals surface area contributed by atoms with Gasteiger partial charge in [0.25, 0.3) is 0 Å². The molecule has 0 aromatic heterocycles. The van der Waals surface area contributed by atoms with Crippen LogP contribution in [0.25, 0.3) is 0 Å². The van der Waals surface area contributed by atoms with Crippen molar-refractivity contribution in [1.82, 2.24) is 5.06 Å². The number of hydrogen-bond donors (Lipinski definition) is 1. The quantitative estimate of drug-likeness (QED) is 0.756. The van der Waals surface area contributed by atoms with Crippen molar-refractivity contribution in [3.05, 3.63) is 53.6 Å². The molecule has 1 unspecified atom stereocenters. The topological polar surface area (TPSA) is 41.9 Å². The number of hydroxylamine groups is 2. The van der Waals surface area contributed by atoms with E-state index in [4.69, 9.17) is 21.1 Å². The molecule has 2 aromatic rings. The molecule has 0 bridgehead atoms. The van der Waals surface area contributed by atoms with Crippen molar-refractivity contribution in [2.24, 2.45) is 0 Å². The molecule has 22 heavy (non-hydrogen) atoms. The lowest BCUT2D eigenvalue weighted by atomic mass is 10.3. The van der Waals surface area contributed by atoms with E-state index >= 15 is 0 Å². The summed E-state index contributed by atoms with van der Waals surface area (Å²) in [5.74, 6) is 2.19. The van der Waals surface area contributed by atoms with Crippen molar-refractivity contribution in [3.63, 3.8) is 0 Å². The van der Waals surface area contributed by atoms with Gasteiger partial charge in [-0.15, -0.1) is 0 Å². The third kappa shape index (κ3) is 5.22. The standard InChI is InChI=1S/C17H20ClNO3/c1-3-19(20)12-13(2)21-15-8-10-17(11-9-15)22-16-6-4-14(18)5-7-16/h4-11,13,20H,3,12H2,1-2H3. The molecule has 118 valence electrons. The fourth-order valence-corrected chi connectivity index (χ4v) is 2.05. The van der Waals surface area contributed by atoms with Gasteiger partial charge in [-0.1, -0.05) is 18.5 Å². The Bertz CT molecular complexity index is 571. The molecule has 2 aromatic carbocycles. The number of rotatable bonds is 7. The van der Waals surface area contributed by atoms with Crippen LogP contribution in [0, 0.1) is 0 Å². The van der Waals surface area contributed by atoms with Gasteiger partial charge in [0.15, 0.2) is 0 Å². The lowest BCUT2D eigenvalue weighted by Gasteiger charge is -2.19. The van der Waals surface area contributed by atoms with Crippen LogP contribution in [-0.2, 0) is 0 Å². The van der Waals surface area contributed by atoms with Crippen LogP contribution < -0.4 is 9.47 Å². The fraction of sp³-hybridized carbons (Fsp3) is 0.294. The van der Waals surface area contributed by atoms with Crippen LogP contribution in [0.2, 0.25) is 5.02 Å². The van der Waals surface area contributed by atoms with Crippen LogP contribution in [0.3, 0.4) is 0 Å². The summed E-state index contributed by atoms with van der Waals surface area (Å²) in [5, 5.41) is 11.4. The Morgan fingerprint density at radius 3 is 2.05 bits per heavy atom. The van der Waals surface area contributed by atoms with E-state index in [0.29, 0.717) is 18.1 Å². The van der Waals surface area contributed by atoms with E-state index in [0.717, 1.165) is 17.2 Å². The maximum atomic E-state index is 9.46. The van der Waals surface area contributed by atoms with Crippen LogP contribution in [0.4, 0.5) is 0 Å². The highest BCUT2D eigenvalue weighted by molar-refractivity contribution is 6.30. The Balaban J connectivity index is 1.91. The smallest absolute Gasteiger partial charge is 0.127 e. The molecule has 0 saturated carbocycles. The Hall–Kier alpha value is -1.75. The van der Waals surface area contributed by atoms with E-state index < -0.39 is 0 Å². The summed E-state index contributed by atoms with van der Waals surface area (Å²) >= 11 is 5.84. The van der Waals surface area contributed by atoms with Gasteiger partial charge in [0, 0.05) is 11.6 Å². The molecule has 1 atom stereocenters. The summed E-state index contributed by atoms with van der Waals surface area (Å²) in [6.45, 7) is 4.83. The van der Waals surface area contributed by atoms with Crippen LogP contribution in [0.1, 0.15) is 13.8 Å². The summed E-state index contributed by atoms with van der Waals surface area (Å²) in [6.07, 6.45) is -0.104. The third-order valence-electron chi connectivity index (χ3n) is 3.04. The van der Waals surface area contributed by atoms with E-state index in [1.165, 1.54) is 5.06 Å². The molecule has 0 aliphatic carbocycles. The molecule has 0 aliphatic heterocycles. The van der Waals surface area contributed by atoms with E-state index in [1.54, 1.807) is 12.1 Å². The van der Waals surface area contributed by atoms with Crippen LogP contribution in [-0.4, -0.2) is 29.5 Å². The molecule has 2 rings (SSSR count). The van der Waals surface area contributed by atoms with Crippen LogP contribution >= 0.6 is 11.6 Å². The van der Waals surface area contributed by atoms with Crippen molar-refractivity contribution in [2.45, 2.75) is 20.0 Å². The molecular formula is C17H20ClNO3. The normalized spacial score (nSPS) is 12.2. The van der Waals surface area contributed by atoms with E-state index in [1.807, 2.05) is 50.2 Å². The summed E-state index contributed by atoms with van der Waals surface area (Å²) in [5.41, 5.74) is 0. The van der Waals surface area contributed by atoms with Crippen LogP contribution in [0.5, 0.6) is 17.2 Å². The monoisotopic (exact) mass is 321 g/mol. The van der Waals surface area contributed by atoms with E-state index in [2.05, 4.69) is 0 Å². The number of benzene rings is 2. The number of halogens is 1. The van der Waals surface area contributed by atoms with Gasteiger partial charge in [0.05, 0.1) is 6.54 Å². The van der Waals surface area contributed by atoms with Crippen molar-refractivity contribution in [1.29, 1.82) is 0 Å². The number of likely N-dealkylation sites (N-methyl/N-ethyl adjacent to an activating group) is 1. The molecule has 0 fully saturated rings. The maximum Gasteiger partial charge on any atom is 0.127 e. The summed E-state index contributed by atoms with van der Waals surface area (Å²) < 4.78 is 11.4. The largest absolute Gasteiger partial charge is 0.489 e. The number of hydrogen-bond acceptors (Lipinski definition) is 4. The molecule has 0 aliphatic rings. The van der Waals surface area contributed by atoms with Crippen molar-refractivity contribution in [2.75, 3.05) is 13.1 Å². The molecule has 0 amide bonds. The Kier molecular flexibility index (Phi) is 6.07. The minimum Gasteiger partial charge on any atom is -0.489 e. The van der Waals surface area contributed by atoms with Crippen molar-refractivity contribution < 1.29 is 14.7 Å². The Labute approximate surface area is 135 Å². The molecule has 0 radical (unpaired) electrons. The highest BCUT2D eigenvalue weighted by atomic mass is 35.5. The highest BCUT2D eigenvalue weighted by Crippen LogP contribution is 2.25. The molecule has 4 nitrogen and oxygen atoms in total. The molecule has 0 heterocycles. The second kappa shape index (κ2) is 8.03. The van der Waals surface area contributed by atoms with Crippen molar-refractivity contribution in [3.8, 4) is 17.2 Å². The summed E-state index contributed by atoms with van der Waals surface area (Å²) in [6, 6.07) is 14.6. The van der Waals surface area contributed by atoms with Crippen molar-refractivity contribution >= 4 is 11.6 Å². The SMILES string of the molecule is CCN(O)CC(C)Oc1ccc(Oc2ccc(Cl)cc2)cc1. The molecule has 0 saturated heterocycles. The van der Waals surface area contributed by atoms with E-state index in [-0.39, 0.29) is 6.10 Å². The van der Waals surface area contributed by atoms with Crippen LogP contribution in [0.15, 0.2) is 48.5 Å². The zero-order chi connectivity index (χ0) is 15.9. The minimum atomic E-state index is -0.104. The van der Waals surface area contributed by atoms with Gasteiger partial charge in [0.1, 0.15) is 23.4 Å². The molecule has 1 N–H and O–H groups in total. The summed E-state index contributed by atoms with van der Waals surface area (Å²) in [7, 11) is 0. The van der Waals surface area contributed by atoms with Gasteiger partial charge in [-0.05, 0) is 55.5 Å². The Morgan fingerprint density at radius 1 is 1.00 bits per heavy atom. The molecular weight excluding hydrogens is 302 g/mol. The fourth-order valence-electron chi connectivity index (χ4n) is 1.92. The number of nitrogens with zero attached hydrogens (tertiary/aromatic N) is 1. The maximum absolute atomic E-state index is 9.46. The highest BCUT2D eigenvalue weighted by Gasteiger charge is 2.08. The second-order valence-electron chi connectivity index (χ2n) is 4.96. The minimum absolute atomic E-state index is 0.104. The first-order valence-electron chi connectivity index (χ1n) is 7.20. The Morgan fingerprint density at radius 2 is 1.50 bits per heavy atom. The number of ether oxygens (including phenoxy) is 2. The van der Waals surface area contributed by atoms with Gasteiger partial charge in [-0.3, -0.25) is 0 Å². The predicted octanol–water partition coefficient (Wildman–Crippen LogP) is 4.61. The average Bonchev–Trinajstić information content (AvgIpc) is 2.51. The van der Waals surface area contributed by atoms with Gasteiger partial charge in [0.2, 0.25) is 0 Å². The average molecular weight is 322 g/mol. The zero-order valence-corrected chi connectivity index (χ0v) is 13.5.